The third kappa shape index (κ3) is 1.93. The Hall–Kier alpha value is -1.64. The van der Waals surface area contributed by atoms with Crippen LogP contribution in [0, 0.1) is 11.3 Å². The lowest BCUT2D eigenvalue weighted by Crippen LogP contribution is -2.14. The van der Waals surface area contributed by atoms with Gasteiger partial charge in [-0.2, -0.15) is 0 Å². The van der Waals surface area contributed by atoms with E-state index < -0.39 is 0 Å². The molecule has 3 heteroatoms. The summed E-state index contributed by atoms with van der Waals surface area (Å²) in [6.07, 6.45) is 7.76. The van der Waals surface area contributed by atoms with E-state index in [2.05, 4.69) is 0 Å². The number of allylic oxidation sites excluding steroid dienone is 5. The topological polar surface area (TPSA) is 66.9 Å². The molecule has 1 atom stereocenters. The number of carbonyl (C=O) groups is 1. The van der Waals surface area contributed by atoms with Gasteiger partial charge in [-0.1, -0.05) is 31.2 Å². The van der Waals surface area contributed by atoms with Crippen molar-refractivity contribution in [2.45, 2.75) is 6.92 Å². The fourth-order valence-electron chi connectivity index (χ4n) is 1.14. The molecular formula is C10H12N2O. The minimum atomic E-state index is -0.0655. The Bertz CT molecular complexity index is 324. The third-order valence-corrected chi connectivity index (χ3v) is 1.98. The summed E-state index contributed by atoms with van der Waals surface area (Å²) in [5.41, 5.74) is 6.80. The molecule has 0 spiro atoms. The first-order valence-electron chi connectivity index (χ1n) is 4.05. The van der Waals surface area contributed by atoms with Gasteiger partial charge in [0.1, 0.15) is 5.71 Å². The van der Waals surface area contributed by atoms with E-state index >= 15 is 0 Å². The van der Waals surface area contributed by atoms with Crippen molar-refractivity contribution >= 4 is 12.0 Å². The van der Waals surface area contributed by atoms with Crippen LogP contribution < -0.4 is 5.73 Å². The van der Waals surface area contributed by atoms with Crippen LogP contribution in [0.1, 0.15) is 6.92 Å². The van der Waals surface area contributed by atoms with Gasteiger partial charge in [0.05, 0.1) is 0 Å². The van der Waals surface area contributed by atoms with Crippen molar-refractivity contribution in [2.24, 2.45) is 11.7 Å². The zero-order valence-electron chi connectivity index (χ0n) is 7.45. The van der Waals surface area contributed by atoms with Crippen LogP contribution >= 0.6 is 0 Å². The van der Waals surface area contributed by atoms with Crippen molar-refractivity contribution in [3.63, 3.8) is 0 Å². The first-order valence-corrected chi connectivity index (χ1v) is 4.05. The Balaban J connectivity index is 3.11. The number of hydrogen-bond donors (Lipinski definition) is 2. The van der Waals surface area contributed by atoms with Crippen molar-refractivity contribution in [2.75, 3.05) is 0 Å². The Morgan fingerprint density at radius 1 is 1.62 bits per heavy atom. The van der Waals surface area contributed by atoms with Crippen LogP contribution in [0.2, 0.25) is 0 Å². The highest BCUT2D eigenvalue weighted by molar-refractivity contribution is 6.35. The van der Waals surface area contributed by atoms with Gasteiger partial charge >= 0.3 is 0 Å². The van der Waals surface area contributed by atoms with Gasteiger partial charge in [0.15, 0.2) is 6.29 Å². The molecule has 68 valence electrons. The van der Waals surface area contributed by atoms with Crippen molar-refractivity contribution in [3.8, 4) is 0 Å². The van der Waals surface area contributed by atoms with E-state index in [1.165, 1.54) is 0 Å². The van der Waals surface area contributed by atoms with Crippen LogP contribution in [0.15, 0.2) is 35.6 Å². The van der Waals surface area contributed by atoms with E-state index in [0.717, 1.165) is 0 Å². The smallest absolute Gasteiger partial charge is 0.168 e. The zero-order chi connectivity index (χ0) is 9.84. The van der Waals surface area contributed by atoms with Crippen LogP contribution in [-0.2, 0) is 4.79 Å². The first-order chi connectivity index (χ1) is 6.16. The Morgan fingerprint density at radius 3 is 2.92 bits per heavy atom. The highest BCUT2D eigenvalue weighted by atomic mass is 16.1. The average molecular weight is 176 g/mol. The maximum Gasteiger partial charge on any atom is 0.168 e. The molecule has 1 aliphatic rings. The summed E-state index contributed by atoms with van der Waals surface area (Å²) in [4.78, 5) is 10.4. The van der Waals surface area contributed by atoms with Crippen molar-refractivity contribution < 1.29 is 4.79 Å². The second-order valence-corrected chi connectivity index (χ2v) is 2.93. The van der Waals surface area contributed by atoms with Crippen LogP contribution in [0.5, 0.6) is 0 Å². The summed E-state index contributed by atoms with van der Waals surface area (Å²) in [5, 5.41) is 7.36. The van der Waals surface area contributed by atoms with Gasteiger partial charge in [0.2, 0.25) is 0 Å². The zero-order valence-corrected chi connectivity index (χ0v) is 7.45. The van der Waals surface area contributed by atoms with E-state index in [1.54, 1.807) is 12.2 Å². The molecular weight excluding hydrogens is 164 g/mol. The maximum atomic E-state index is 10.4. The fraction of sp³-hybridized carbons (Fsp3) is 0.200. The molecule has 0 heterocycles. The van der Waals surface area contributed by atoms with Crippen LogP contribution in [0.25, 0.3) is 0 Å². The molecule has 0 amide bonds. The Kier molecular flexibility index (Phi) is 2.80. The quantitative estimate of drug-likeness (QED) is 0.490. The SMILES string of the molecule is C[C@@H]1C=CC=CC(C(=N)C=O)=C1N. The molecule has 0 bridgehead atoms. The molecule has 3 N–H and O–H groups in total. The molecule has 13 heavy (non-hydrogen) atoms. The summed E-state index contributed by atoms with van der Waals surface area (Å²) in [6.45, 7) is 1.93. The molecule has 0 aliphatic heterocycles. The predicted octanol–water partition coefficient (Wildman–Crippen LogP) is 1.18. The molecule has 0 unspecified atom stereocenters. The molecule has 1 rings (SSSR count). The normalized spacial score (nSPS) is 21.5. The molecule has 0 radical (unpaired) electrons. The lowest BCUT2D eigenvalue weighted by molar-refractivity contribution is -0.102. The number of nitrogens with one attached hydrogen (secondary N) is 1. The summed E-state index contributed by atoms with van der Waals surface area (Å²) < 4.78 is 0. The van der Waals surface area contributed by atoms with E-state index in [1.807, 2.05) is 19.1 Å². The molecule has 0 aromatic rings. The second-order valence-electron chi connectivity index (χ2n) is 2.93. The van der Waals surface area contributed by atoms with Gasteiger partial charge < -0.3 is 5.73 Å². The lowest BCUT2D eigenvalue weighted by atomic mass is 10.0. The first kappa shape index (κ1) is 9.45. The van der Waals surface area contributed by atoms with E-state index in [0.29, 0.717) is 17.6 Å². The van der Waals surface area contributed by atoms with Crippen LogP contribution in [0.3, 0.4) is 0 Å². The molecule has 0 fully saturated rings. The van der Waals surface area contributed by atoms with E-state index in [-0.39, 0.29) is 11.6 Å². The number of aldehydes is 1. The minimum Gasteiger partial charge on any atom is -0.401 e. The number of rotatable bonds is 2. The predicted molar refractivity (Wildman–Crippen MR) is 52.4 cm³/mol. The Labute approximate surface area is 77.1 Å². The highest BCUT2D eigenvalue weighted by Crippen LogP contribution is 2.16. The summed E-state index contributed by atoms with van der Waals surface area (Å²) >= 11 is 0. The van der Waals surface area contributed by atoms with Crippen molar-refractivity contribution in [1.29, 1.82) is 5.41 Å². The van der Waals surface area contributed by atoms with Crippen LogP contribution in [0.4, 0.5) is 0 Å². The van der Waals surface area contributed by atoms with Crippen LogP contribution in [-0.4, -0.2) is 12.0 Å². The van der Waals surface area contributed by atoms with Gasteiger partial charge in [-0.15, -0.1) is 0 Å². The molecule has 1 aliphatic carbocycles. The number of carbonyl (C=O) groups excluding carboxylic acids is 1. The van der Waals surface area contributed by atoms with Gasteiger partial charge in [-0.3, -0.25) is 10.2 Å². The molecule has 0 saturated heterocycles. The summed E-state index contributed by atoms with van der Waals surface area (Å²) in [6, 6.07) is 0. The molecule has 0 aromatic heterocycles. The number of nitrogens with two attached hydrogens (primary N) is 1. The number of hydrogen-bond acceptors (Lipinski definition) is 3. The fourth-order valence-corrected chi connectivity index (χ4v) is 1.14. The van der Waals surface area contributed by atoms with Gasteiger partial charge in [0, 0.05) is 17.2 Å². The van der Waals surface area contributed by atoms with Gasteiger partial charge in [0.25, 0.3) is 0 Å². The molecule has 0 aromatic carbocycles. The average Bonchev–Trinajstić information content (AvgIpc) is 2.29. The molecule has 0 saturated carbocycles. The monoisotopic (exact) mass is 176 g/mol. The Morgan fingerprint density at radius 2 is 2.31 bits per heavy atom. The third-order valence-electron chi connectivity index (χ3n) is 1.98. The maximum absolute atomic E-state index is 10.4. The standard InChI is InChI=1S/C10H12N2O/c1-7-4-2-3-5-8(10(7)12)9(11)6-13/h2-7,11H,12H2,1H3/t7-/m1/s1. The second kappa shape index (κ2) is 3.85. The minimum absolute atomic E-state index is 0.0655. The largest absolute Gasteiger partial charge is 0.401 e. The molecule has 3 nitrogen and oxygen atoms in total. The van der Waals surface area contributed by atoms with Crippen molar-refractivity contribution in [3.05, 3.63) is 35.6 Å². The van der Waals surface area contributed by atoms with Gasteiger partial charge in [-0.05, 0) is 0 Å². The summed E-state index contributed by atoms with van der Waals surface area (Å²) in [5.74, 6) is 0.0744. The highest BCUT2D eigenvalue weighted by Gasteiger charge is 2.11. The van der Waals surface area contributed by atoms with E-state index in [4.69, 9.17) is 11.1 Å². The van der Waals surface area contributed by atoms with Gasteiger partial charge in [-0.25, -0.2) is 0 Å². The lowest BCUT2D eigenvalue weighted by Gasteiger charge is -2.09. The van der Waals surface area contributed by atoms with Crippen molar-refractivity contribution in [1.82, 2.24) is 0 Å². The van der Waals surface area contributed by atoms with E-state index in [9.17, 15) is 4.79 Å². The summed E-state index contributed by atoms with van der Waals surface area (Å²) in [7, 11) is 0.